The highest BCUT2D eigenvalue weighted by Crippen LogP contribution is 2.11. The number of rotatable bonds is 5. The summed E-state index contributed by atoms with van der Waals surface area (Å²) in [5.74, 6) is -0.0790. The van der Waals surface area contributed by atoms with Gasteiger partial charge >= 0.3 is 0 Å². The highest BCUT2D eigenvalue weighted by Gasteiger charge is 2.14. The molecule has 1 amide bonds. The van der Waals surface area contributed by atoms with Crippen LogP contribution >= 0.6 is 0 Å². The lowest BCUT2D eigenvalue weighted by molar-refractivity contribution is -0.131. The Morgan fingerprint density at radius 3 is 3.11 bits per heavy atom. The predicted octanol–water partition coefficient (Wildman–Crippen LogP) is 1.60. The summed E-state index contributed by atoms with van der Waals surface area (Å²) in [6.07, 6.45) is 1.95. The minimum atomic E-state index is -0.374. The zero-order valence-electron chi connectivity index (χ0n) is 10.6. The molecule has 0 bridgehead atoms. The SMILES string of the molecule is CCC(OC)C(=O)NCc1ccc2nc[nH]c2c1. The topological polar surface area (TPSA) is 67.0 Å². The van der Waals surface area contributed by atoms with Crippen LogP contribution in [0.2, 0.25) is 0 Å². The fourth-order valence-corrected chi connectivity index (χ4v) is 1.85. The van der Waals surface area contributed by atoms with Gasteiger partial charge in [0, 0.05) is 13.7 Å². The van der Waals surface area contributed by atoms with Crippen molar-refractivity contribution in [2.24, 2.45) is 0 Å². The number of methoxy groups -OCH3 is 1. The highest BCUT2D eigenvalue weighted by molar-refractivity contribution is 5.81. The summed E-state index contributed by atoms with van der Waals surface area (Å²) in [6, 6.07) is 5.87. The Morgan fingerprint density at radius 2 is 2.39 bits per heavy atom. The predicted molar refractivity (Wildman–Crippen MR) is 69.0 cm³/mol. The summed E-state index contributed by atoms with van der Waals surface area (Å²) in [7, 11) is 1.55. The molecule has 1 unspecified atom stereocenters. The molecule has 5 heteroatoms. The van der Waals surface area contributed by atoms with Crippen LogP contribution in [0.15, 0.2) is 24.5 Å². The van der Waals surface area contributed by atoms with E-state index in [2.05, 4.69) is 15.3 Å². The van der Waals surface area contributed by atoms with E-state index in [1.807, 2.05) is 25.1 Å². The van der Waals surface area contributed by atoms with Crippen LogP contribution in [0.4, 0.5) is 0 Å². The number of benzene rings is 1. The number of hydrogen-bond donors (Lipinski definition) is 2. The number of fused-ring (bicyclic) bond motifs is 1. The molecule has 0 saturated carbocycles. The van der Waals surface area contributed by atoms with Crippen molar-refractivity contribution >= 4 is 16.9 Å². The van der Waals surface area contributed by atoms with Crippen LogP contribution in [0, 0.1) is 0 Å². The van der Waals surface area contributed by atoms with Crippen molar-refractivity contribution in [3.63, 3.8) is 0 Å². The number of aromatic nitrogens is 2. The van der Waals surface area contributed by atoms with Crippen molar-refractivity contribution in [2.45, 2.75) is 26.0 Å². The number of hydrogen-bond acceptors (Lipinski definition) is 3. The first-order valence-electron chi connectivity index (χ1n) is 5.97. The minimum Gasteiger partial charge on any atom is -0.372 e. The third-order valence-corrected chi connectivity index (χ3v) is 2.90. The molecule has 0 radical (unpaired) electrons. The first-order chi connectivity index (χ1) is 8.74. The first-order valence-corrected chi connectivity index (χ1v) is 5.97. The van der Waals surface area contributed by atoms with Gasteiger partial charge in [-0.25, -0.2) is 4.98 Å². The molecular weight excluding hydrogens is 230 g/mol. The number of nitrogens with one attached hydrogen (secondary N) is 2. The average molecular weight is 247 g/mol. The van der Waals surface area contributed by atoms with Crippen LogP contribution in [0.1, 0.15) is 18.9 Å². The summed E-state index contributed by atoms with van der Waals surface area (Å²) in [4.78, 5) is 18.9. The van der Waals surface area contributed by atoms with Crippen molar-refractivity contribution < 1.29 is 9.53 Å². The number of H-pyrrole nitrogens is 1. The van der Waals surface area contributed by atoms with Crippen molar-refractivity contribution in [2.75, 3.05) is 7.11 Å². The second-order valence-electron chi connectivity index (χ2n) is 4.10. The number of ether oxygens (including phenoxy) is 1. The lowest BCUT2D eigenvalue weighted by Crippen LogP contribution is -2.34. The quantitative estimate of drug-likeness (QED) is 0.843. The Bertz CT molecular complexity index is 532. The second-order valence-corrected chi connectivity index (χ2v) is 4.10. The molecule has 1 aromatic carbocycles. The van der Waals surface area contributed by atoms with E-state index in [0.717, 1.165) is 16.6 Å². The lowest BCUT2D eigenvalue weighted by Gasteiger charge is -2.13. The molecule has 2 rings (SSSR count). The zero-order valence-corrected chi connectivity index (χ0v) is 10.6. The van der Waals surface area contributed by atoms with E-state index in [-0.39, 0.29) is 12.0 Å². The van der Waals surface area contributed by atoms with Crippen LogP contribution in [0.3, 0.4) is 0 Å². The van der Waals surface area contributed by atoms with E-state index in [9.17, 15) is 4.79 Å². The Hall–Kier alpha value is -1.88. The number of aromatic amines is 1. The molecule has 0 saturated heterocycles. The maximum atomic E-state index is 11.7. The van der Waals surface area contributed by atoms with Gasteiger partial charge < -0.3 is 15.0 Å². The third kappa shape index (κ3) is 2.68. The van der Waals surface area contributed by atoms with Gasteiger partial charge in [-0.1, -0.05) is 13.0 Å². The van der Waals surface area contributed by atoms with Crippen LogP contribution in [-0.2, 0) is 16.1 Å². The van der Waals surface area contributed by atoms with E-state index < -0.39 is 0 Å². The summed E-state index contributed by atoms with van der Waals surface area (Å²) >= 11 is 0. The molecule has 2 aromatic rings. The van der Waals surface area contributed by atoms with Crippen molar-refractivity contribution in [1.82, 2.24) is 15.3 Å². The van der Waals surface area contributed by atoms with E-state index in [1.54, 1.807) is 13.4 Å². The maximum Gasteiger partial charge on any atom is 0.249 e. The fourth-order valence-electron chi connectivity index (χ4n) is 1.85. The van der Waals surface area contributed by atoms with Gasteiger partial charge in [0.05, 0.1) is 17.4 Å². The molecule has 0 fully saturated rings. The van der Waals surface area contributed by atoms with Gasteiger partial charge in [0.1, 0.15) is 6.10 Å². The first kappa shape index (κ1) is 12.6. The molecule has 0 aliphatic heterocycles. The standard InChI is InChI=1S/C13H17N3O2/c1-3-12(18-2)13(17)14-7-9-4-5-10-11(6-9)16-8-15-10/h4-6,8,12H,3,7H2,1-2H3,(H,14,17)(H,15,16). The van der Waals surface area contributed by atoms with Gasteiger partial charge in [0.2, 0.25) is 5.91 Å². The number of amides is 1. The molecule has 1 heterocycles. The normalized spacial score (nSPS) is 12.6. The third-order valence-electron chi connectivity index (χ3n) is 2.90. The van der Waals surface area contributed by atoms with E-state index in [1.165, 1.54) is 0 Å². The van der Waals surface area contributed by atoms with Crippen LogP contribution in [0.5, 0.6) is 0 Å². The highest BCUT2D eigenvalue weighted by atomic mass is 16.5. The molecule has 0 aliphatic rings. The smallest absolute Gasteiger partial charge is 0.249 e. The molecule has 96 valence electrons. The van der Waals surface area contributed by atoms with Crippen molar-refractivity contribution in [3.05, 3.63) is 30.1 Å². The van der Waals surface area contributed by atoms with E-state index in [0.29, 0.717) is 13.0 Å². The van der Waals surface area contributed by atoms with Gasteiger partial charge in [-0.05, 0) is 24.1 Å². The van der Waals surface area contributed by atoms with Gasteiger partial charge in [0.25, 0.3) is 0 Å². The Labute approximate surface area is 106 Å². The molecule has 18 heavy (non-hydrogen) atoms. The molecule has 0 spiro atoms. The van der Waals surface area contributed by atoms with E-state index in [4.69, 9.17) is 4.74 Å². The largest absolute Gasteiger partial charge is 0.372 e. The fraction of sp³-hybridized carbons (Fsp3) is 0.385. The van der Waals surface area contributed by atoms with Crippen molar-refractivity contribution in [3.8, 4) is 0 Å². The van der Waals surface area contributed by atoms with Gasteiger partial charge in [-0.3, -0.25) is 4.79 Å². The molecular formula is C13H17N3O2. The number of carbonyl (C=O) groups excluding carboxylic acids is 1. The monoisotopic (exact) mass is 247 g/mol. The number of nitrogens with zero attached hydrogens (tertiary/aromatic N) is 1. The molecule has 1 atom stereocenters. The summed E-state index contributed by atoms with van der Waals surface area (Å²) in [5, 5.41) is 2.86. The summed E-state index contributed by atoms with van der Waals surface area (Å²) in [6.45, 7) is 2.41. The Balaban J connectivity index is 1.99. The number of imidazole rings is 1. The lowest BCUT2D eigenvalue weighted by atomic mass is 10.2. The summed E-state index contributed by atoms with van der Waals surface area (Å²) in [5.41, 5.74) is 2.93. The van der Waals surface area contributed by atoms with Crippen LogP contribution in [0.25, 0.3) is 11.0 Å². The summed E-state index contributed by atoms with van der Waals surface area (Å²) < 4.78 is 5.08. The molecule has 5 nitrogen and oxygen atoms in total. The molecule has 1 aromatic heterocycles. The van der Waals surface area contributed by atoms with Crippen LogP contribution < -0.4 is 5.32 Å². The molecule has 0 aliphatic carbocycles. The number of carbonyl (C=O) groups is 1. The van der Waals surface area contributed by atoms with E-state index >= 15 is 0 Å². The average Bonchev–Trinajstić information content (AvgIpc) is 2.85. The minimum absolute atomic E-state index is 0.0790. The Morgan fingerprint density at radius 1 is 1.56 bits per heavy atom. The van der Waals surface area contributed by atoms with Crippen molar-refractivity contribution in [1.29, 1.82) is 0 Å². The zero-order chi connectivity index (χ0) is 13.0. The van der Waals surface area contributed by atoms with Gasteiger partial charge in [-0.15, -0.1) is 0 Å². The van der Waals surface area contributed by atoms with Gasteiger partial charge in [0.15, 0.2) is 0 Å². The second kappa shape index (κ2) is 5.64. The molecule has 2 N–H and O–H groups in total. The van der Waals surface area contributed by atoms with Gasteiger partial charge in [-0.2, -0.15) is 0 Å². The van der Waals surface area contributed by atoms with Crippen LogP contribution in [-0.4, -0.2) is 29.1 Å². The maximum absolute atomic E-state index is 11.7. The Kier molecular flexibility index (Phi) is 3.94.